The molecule has 0 aromatic carbocycles. The third-order valence-corrected chi connectivity index (χ3v) is 6.65. The second-order valence-electron chi connectivity index (χ2n) is 8.27. The SMILES string of the molecule is CCCCC(CC)(CCC)CCC(CC)(CCCC)CCCC. The summed E-state index contributed by atoms with van der Waals surface area (Å²) >= 11 is 0. The molecule has 0 aromatic heterocycles. The van der Waals surface area contributed by atoms with Gasteiger partial charge in [0.05, 0.1) is 0 Å². The molecule has 0 heteroatoms. The van der Waals surface area contributed by atoms with Crippen LogP contribution in [0.5, 0.6) is 0 Å². The number of unbranched alkanes of at least 4 members (excludes halogenated alkanes) is 3. The summed E-state index contributed by atoms with van der Waals surface area (Å²) in [6.45, 7) is 14.4. The van der Waals surface area contributed by atoms with E-state index in [1.54, 1.807) is 0 Å². The molecule has 140 valence electrons. The third-order valence-electron chi connectivity index (χ3n) is 6.65. The van der Waals surface area contributed by atoms with E-state index < -0.39 is 0 Å². The summed E-state index contributed by atoms with van der Waals surface area (Å²) in [5.41, 5.74) is 1.29. The summed E-state index contributed by atoms with van der Waals surface area (Å²) in [5, 5.41) is 0. The van der Waals surface area contributed by atoms with E-state index in [0.717, 1.165) is 0 Å². The fourth-order valence-corrected chi connectivity index (χ4v) is 4.53. The van der Waals surface area contributed by atoms with Crippen molar-refractivity contribution in [3.63, 3.8) is 0 Å². The Bertz CT molecular complexity index is 247. The Morgan fingerprint density at radius 3 is 1.00 bits per heavy atom. The van der Waals surface area contributed by atoms with Gasteiger partial charge < -0.3 is 0 Å². The molecule has 0 saturated heterocycles. The maximum atomic E-state index is 2.46. The number of hydrogen-bond acceptors (Lipinski definition) is 0. The molecule has 0 saturated carbocycles. The van der Waals surface area contributed by atoms with E-state index in [1.165, 1.54) is 96.3 Å². The summed E-state index contributed by atoms with van der Waals surface area (Å²) in [6, 6.07) is 0. The molecule has 0 nitrogen and oxygen atoms in total. The summed E-state index contributed by atoms with van der Waals surface area (Å²) in [6.07, 6.45) is 21.3. The Morgan fingerprint density at radius 2 is 0.739 bits per heavy atom. The second-order valence-corrected chi connectivity index (χ2v) is 8.27. The summed E-state index contributed by atoms with van der Waals surface area (Å²) in [7, 11) is 0. The summed E-state index contributed by atoms with van der Waals surface area (Å²) < 4.78 is 0. The lowest BCUT2D eigenvalue weighted by Crippen LogP contribution is -2.27. The van der Waals surface area contributed by atoms with E-state index in [4.69, 9.17) is 0 Å². The average Bonchev–Trinajstić information content (AvgIpc) is 2.59. The maximum absolute atomic E-state index is 2.46. The summed E-state index contributed by atoms with van der Waals surface area (Å²) in [4.78, 5) is 0. The first-order valence-electron chi connectivity index (χ1n) is 11.1. The van der Waals surface area contributed by atoms with E-state index >= 15 is 0 Å². The van der Waals surface area contributed by atoms with Crippen LogP contribution in [0.2, 0.25) is 0 Å². The van der Waals surface area contributed by atoms with Crippen LogP contribution >= 0.6 is 0 Å². The largest absolute Gasteiger partial charge is 0.0654 e. The lowest BCUT2D eigenvalue weighted by atomic mass is 9.66. The van der Waals surface area contributed by atoms with Gasteiger partial charge in [-0.05, 0) is 49.4 Å². The van der Waals surface area contributed by atoms with Gasteiger partial charge in [0.25, 0.3) is 0 Å². The van der Waals surface area contributed by atoms with Crippen molar-refractivity contribution in [2.45, 2.75) is 138 Å². The Balaban J connectivity index is 4.96. The minimum atomic E-state index is 0.642. The molecule has 0 N–H and O–H groups in total. The highest BCUT2D eigenvalue weighted by molar-refractivity contribution is 4.85. The van der Waals surface area contributed by atoms with Crippen LogP contribution in [0.25, 0.3) is 0 Å². The monoisotopic (exact) mass is 324 g/mol. The van der Waals surface area contributed by atoms with Crippen LogP contribution in [-0.4, -0.2) is 0 Å². The minimum absolute atomic E-state index is 0.642. The van der Waals surface area contributed by atoms with Crippen molar-refractivity contribution in [1.82, 2.24) is 0 Å². The fourth-order valence-electron chi connectivity index (χ4n) is 4.53. The molecule has 0 aromatic rings. The van der Waals surface area contributed by atoms with E-state index in [0.29, 0.717) is 10.8 Å². The normalized spacial score (nSPS) is 14.9. The molecule has 0 aliphatic carbocycles. The first kappa shape index (κ1) is 23.0. The fraction of sp³-hybridized carbons (Fsp3) is 1.00. The average molecular weight is 325 g/mol. The molecule has 0 aliphatic heterocycles. The zero-order valence-electron chi connectivity index (χ0n) is 17.6. The highest BCUT2D eigenvalue weighted by Gasteiger charge is 2.33. The van der Waals surface area contributed by atoms with E-state index in [9.17, 15) is 0 Å². The van der Waals surface area contributed by atoms with Gasteiger partial charge in [-0.2, -0.15) is 0 Å². The van der Waals surface area contributed by atoms with E-state index in [-0.39, 0.29) is 0 Å². The minimum Gasteiger partial charge on any atom is -0.0654 e. The molecule has 0 radical (unpaired) electrons. The quantitative estimate of drug-likeness (QED) is 0.266. The van der Waals surface area contributed by atoms with Crippen molar-refractivity contribution < 1.29 is 0 Å². The van der Waals surface area contributed by atoms with Gasteiger partial charge >= 0.3 is 0 Å². The van der Waals surface area contributed by atoms with Crippen molar-refractivity contribution in [2.75, 3.05) is 0 Å². The standard InChI is InChI=1S/C23H48/c1-7-13-17-22(11-5,16-10-4)20-21-23(12-6,18-14-8-2)19-15-9-3/h7-21H2,1-6H3. The van der Waals surface area contributed by atoms with Crippen LogP contribution in [0.1, 0.15) is 138 Å². The highest BCUT2D eigenvalue weighted by Crippen LogP contribution is 2.46. The van der Waals surface area contributed by atoms with Gasteiger partial charge in [0, 0.05) is 0 Å². The first-order valence-corrected chi connectivity index (χ1v) is 11.1. The van der Waals surface area contributed by atoms with Crippen LogP contribution < -0.4 is 0 Å². The molecule has 1 atom stereocenters. The molecule has 0 bridgehead atoms. The molecule has 0 fully saturated rings. The summed E-state index contributed by atoms with van der Waals surface area (Å²) in [5.74, 6) is 0. The van der Waals surface area contributed by atoms with Gasteiger partial charge in [-0.1, -0.05) is 99.3 Å². The van der Waals surface area contributed by atoms with Gasteiger partial charge in [-0.3, -0.25) is 0 Å². The molecule has 0 heterocycles. The van der Waals surface area contributed by atoms with Crippen molar-refractivity contribution in [1.29, 1.82) is 0 Å². The first-order chi connectivity index (χ1) is 11.1. The zero-order valence-corrected chi connectivity index (χ0v) is 17.6. The van der Waals surface area contributed by atoms with Crippen LogP contribution in [-0.2, 0) is 0 Å². The topological polar surface area (TPSA) is 0 Å². The van der Waals surface area contributed by atoms with Crippen molar-refractivity contribution in [3.05, 3.63) is 0 Å². The van der Waals surface area contributed by atoms with Gasteiger partial charge in [0.15, 0.2) is 0 Å². The Kier molecular flexibility index (Phi) is 13.3. The zero-order chi connectivity index (χ0) is 17.6. The predicted octanol–water partition coefficient (Wildman–Crippen LogP) is 8.93. The molecular formula is C23H48. The molecule has 0 spiro atoms. The molecular weight excluding hydrogens is 276 g/mol. The van der Waals surface area contributed by atoms with Crippen LogP contribution in [0.4, 0.5) is 0 Å². The van der Waals surface area contributed by atoms with E-state index in [1.807, 2.05) is 0 Å². The Morgan fingerprint density at radius 1 is 0.391 bits per heavy atom. The van der Waals surface area contributed by atoms with Gasteiger partial charge in [-0.15, -0.1) is 0 Å². The maximum Gasteiger partial charge on any atom is -0.0300 e. The molecule has 0 amide bonds. The molecule has 0 aliphatic rings. The molecule has 23 heavy (non-hydrogen) atoms. The third kappa shape index (κ3) is 8.59. The second kappa shape index (κ2) is 13.3. The smallest absolute Gasteiger partial charge is 0.0300 e. The lowest BCUT2D eigenvalue weighted by molar-refractivity contribution is 0.122. The lowest BCUT2D eigenvalue weighted by Gasteiger charge is -2.40. The Labute approximate surface area is 149 Å². The number of rotatable bonds is 16. The highest BCUT2D eigenvalue weighted by atomic mass is 14.4. The van der Waals surface area contributed by atoms with Crippen LogP contribution in [0, 0.1) is 10.8 Å². The Hall–Kier alpha value is 0. The van der Waals surface area contributed by atoms with Gasteiger partial charge in [0.1, 0.15) is 0 Å². The van der Waals surface area contributed by atoms with Gasteiger partial charge in [0.2, 0.25) is 0 Å². The van der Waals surface area contributed by atoms with Crippen molar-refractivity contribution in [2.24, 2.45) is 10.8 Å². The van der Waals surface area contributed by atoms with Crippen LogP contribution in [0.3, 0.4) is 0 Å². The predicted molar refractivity (Wildman–Crippen MR) is 108 cm³/mol. The number of hydrogen-bond donors (Lipinski definition) is 0. The molecule has 1 unspecified atom stereocenters. The van der Waals surface area contributed by atoms with Crippen molar-refractivity contribution in [3.8, 4) is 0 Å². The van der Waals surface area contributed by atoms with Gasteiger partial charge in [-0.25, -0.2) is 0 Å². The molecule has 0 rings (SSSR count). The van der Waals surface area contributed by atoms with Crippen LogP contribution in [0.15, 0.2) is 0 Å². The van der Waals surface area contributed by atoms with Crippen molar-refractivity contribution >= 4 is 0 Å². The van der Waals surface area contributed by atoms with E-state index in [2.05, 4.69) is 41.5 Å².